The molecule has 1 N–H and O–H groups in total. The van der Waals surface area contributed by atoms with Crippen LogP contribution in [0.15, 0.2) is 46.0 Å². The maximum atomic E-state index is 11.9. The molecule has 3 rings (SSSR count). The Labute approximate surface area is 140 Å². The summed E-state index contributed by atoms with van der Waals surface area (Å²) in [7, 11) is 0. The molecule has 1 aliphatic rings. The minimum absolute atomic E-state index is 0.173. The molecule has 5 nitrogen and oxygen atoms in total. The molecule has 1 amide bonds. The second-order valence-electron chi connectivity index (χ2n) is 4.43. The summed E-state index contributed by atoms with van der Waals surface area (Å²) < 4.78 is 11.4. The number of hydrogen-bond donors (Lipinski definition) is 1. The molecule has 1 aliphatic heterocycles. The second-order valence-corrected chi connectivity index (χ2v) is 5.76. The minimum atomic E-state index is -0.305. The monoisotopic (exact) mass is 380 g/mol. The molecule has 2 aromatic carbocycles. The van der Waals surface area contributed by atoms with Gasteiger partial charge in [0, 0.05) is 21.7 Å². The third-order valence-electron chi connectivity index (χ3n) is 2.97. The Morgan fingerprint density at radius 2 is 1.91 bits per heavy atom. The summed E-state index contributed by atoms with van der Waals surface area (Å²) >= 11 is 9.43. The molecule has 2 aromatic rings. The molecule has 0 atom stereocenters. The quantitative estimate of drug-likeness (QED) is 0.653. The highest BCUT2D eigenvalue weighted by atomic mass is 79.9. The normalized spacial score (nSPS) is 12.6. The number of hydrogen-bond acceptors (Lipinski definition) is 4. The highest BCUT2D eigenvalue weighted by Crippen LogP contribution is 2.36. The summed E-state index contributed by atoms with van der Waals surface area (Å²) in [6.45, 7) is 0.173. The topological polar surface area (TPSA) is 59.9 Å². The lowest BCUT2D eigenvalue weighted by molar-refractivity contribution is 0.0955. The molecule has 0 radical (unpaired) electrons. The molecule has 0 aliphatic carbocycles. The molecule has 1 heterocycles. The average molecular weight is 382 g/mol. The van der Waals surface area contributed by atoms with Crippen molar-refractivity contribution in [3.05, 3.63) is 57.0 Å². The van der Waals surface area contributed by atoms with Gasteiger partial charge in [-0.25, -0.2) is 5.43 Å². The van der Waals surface area contributed by atoms with E-state index >= 15 is 0 Å². The Balaban J connectivity index is 1.70. The molecule has 0 spiro atoms. The molecule has 7 heteroatoms. The number of fused-ring (bicyclic) bond motifs is 1. The van der Waals surface area contributed by atoms with Crippen LogP contribution in [0.4, 0.5) is 0 Å². The van der Waals surface area contributed by atoms with Gasteiger partial charge in [-0.3, -0.25) is 4.79 Å². The lowest BCUT2D eigenvalue weighted by Gasteiger charge is -2.02. The van der Waals surface area contributed by atoms with Crippen LogP contribution in [0.1, 0.15) is 15.9 Å². The molecule has 0 saturated heterocycles. The van der Waals surface area contributed by atoms with Gasteiger partial charge in [0.2, 0.25) is 6.79 Å². The molecule has 0 unspecified atom stereocenters. The van der Waals surface area contributed by atoms with Gasteiger partial charge in [0.1, 0.15) is 0 Å². The SMILES string of the molecule is O=C(NN=Cc1cc2c(cc1Cl)OCO2)c1ccc(Br)cc1. The molecule has 0 aromatic heterocycles. The lowest BCUT2D eigenvalue weighted by Crippen LogP contribution is -2.17. The lowest BCUT2D eigenvalue weighted by atomic mass is 10.2. The summed E-state index contributed by atoms with van der Waals surface area (Å²) in [5, 5.41) is 4.37. The predicted octanol–water partition coefficient (Wildman–Crippen LogP) is 3.60. The van der Waals surface area contributed by atoms with Gasteiger partial charge >= 0.3 is 0 Å². The summed E-state index contributed by atoms with van der Waals surface area (Å²) in [6, 6.07) is 10.3. The smallest absolute Gasteiger partial charge is 0.271 e. The van der Waals surface area contributed by atoms with E-state index in [1.165, 1.54) is 6.21 Å². The fraction of sp³-hybridized carbons (Fsp3) is 0.0667. The van der Waals surface area contributed by atoms with Gasteiger partial charge in [-0.15, -0.1) is 0 Å². The third-order valence-corrected chi connectivity index (χ3v) is 3.82. The summed E-state index contributed by atoms with van der Waals surface area (Å²) in [6.07, 6.45) is 1.46. The van der Waals surface area contributed by atoms with Crippen molar-refractivity contribution >= 4 is 39.7 Å². The van der Waals surface area contributed by atoms with E-state index in [1.807, 2.05) is 0 Å². The van der Waals surface area contributed by atoms with Gasteiger partial charge in [-0.05, 0) is 30.3 Å². The highest BCUT2D eigenvalue weighted by Gasteiger charge is 2.15. The Bertz CT molecular complexity index is 747. The largest absolute Gasteiger partial charge is 0.454 e. The van der Waals surface area contributed by atoms with Crippen molar-refractivity contribution in [1.29, 1.82) is 0 Å². The van der Waals surface area contributed by atoms with Gasteiger partial charge in [0.15, 0.2) is 11.5 Å². The zero-order valence-corrected chi connectivity index (χ0v) is 13.5. The third kappa shape index (κ3) is 3.23. The summed E-state index contributed by atoms with van der Waals surface area (Å²) in [5.74, 6) is 0.895. The van der Waals surface area contributed by atoms with Crippen molar-refractivity contribution in [2.24, 2.45) is 5.10 Å². The first-order valence-corrected chi connectivity index (χ1v) is 7.49. The fourth-order valence-corrected chi connectivity index (χ4v) is 2.32. The zero-order chi connectivity index (χ0) is 15.5. The number of nitrogens with zero attached hydrogens (tertiary/aromatic N) is 1. The number of amides is 1. The number of nitrogens with one attached hydrogen (secondary N) is 1. The first-order valence-electron chi connectivity index (χ1n) is 6.31. The fourth-order valence-electron chi connectivity index (χ4n) is 1.86. The number of halogens is 2. The van der Waals surface area contributed by atoms with Crippen LogP contribution >= 0.6 is 27.5 Å². The van der Waals surface area contributed by atoms with E-state index in [1.54, 1.807) is 36.4 Å². The van der Waals surface area contributed by atoms with Gasteiger partial charge < -0.3 is 9.47 Å². The average Bonchev–Trinajstić information content (AvgIpc) is 2.95. The van der Waals surface area contributed by atoms with E-state index in [-0.39, 0.29) is 12.7 Å². The van der Waals surface area contributed by atoms with E-state index in [0.29, 0.717) is 27.6 Å². The van der Waals surface area contributed by atoms with Crippen LogP contribution in [0.2, 0.25) is 5.02 Å². The van der Waals surface area contributed by atoms with E-state index in [0.717, 1.165) is 4.47 Å². The molecule has 0 saturated carbocycles. The number of hydrazone groups is 1. The van der Waals surface area contributed by atoms with Crippen molar-refractivity contribution in [2.45, 2.75) is 0 Å². The van der Waals surface area contributed by atoms with Gasteiger partial charge in [0.05, 0.1) is 11.2 Å². The minimum Gasteiger partial charge on any atom is -0.454 e. The Morgan fingerprint density at radius 3 is 2.64 bits per heavy atom. The molecule has 0 fully saturated rings. The Hall–Kier alpha value is -2.05. The summed E-state index contributed by atoms with van der Waals surface area (Å²) in [4.78, 5) is 11.9. The molecule has 0 bridgehead atoms. The first-order chi connectivity index (χ1) is 10.6. The van der Waals surface area contributed by atoms with Crippen molar-refractivity contribution in [1.82, 2.24) is 5.43 Å². The molecular formula is C15H10BrClN2O3. The standard InChI is InChI=1S/C15H10BrClN2O3/c16-11-3-1-9(2-4-11)15(20)19-18-7-10-5-13-14(6-12(10)17)22-8-21-13/h1-7H,8H2,(H,19,20). The Kier molecular flexibility index (Phi) is 4.31. The van der Waals surface area contributed by atoms with Crippen LogP contribution in [0.25, 0.3) is 0 Å². The van der Waals surface area contributed by atoms with Crippen molar-refractivity contribution in [3.8, 4) is 11.5 Å². The molecule has 112 valence electrons. The second kappa shape index (κ2) is 6.37. The van der Waals surface area contributed by atoms with Crippen LogP contribution in [-0.4, -0.2) is 18.9 Å². The zero-order valence-electron chi connectivity index (χ0n) is 11.2. The highest BCUT2D eigenvalue weighted by molar-refractivity contribution is 9.10. The van der Waals surface area contributed by atoms with Crippen molar-refractivity contribution < 1.29 is 14.3 Å². The van der Waals surface area contributed by atoms with Crippen molar-refractivity contribution in [3.63, 3.8) is 0 Å². The maximum Gasteiger partial charge on any atom is 0.271 e. The van der Waals surface area contributed by atoms with E-state index in [2.05, 4.69) is 26.5 Å². The number of carbonyl (C=O) groups excluding carboxylic acids is 1. The van der Waals surface area contributed by atoms with Gasteiger partial charge in [-0.1, -0.05) is 27.5 Å². The predicted molar refractivity (Wildman–Crippen MR) is 86.8 cm³/mol. The first kappa shape index (κ1) is 14.9. The number of rotatable bonds is 3. The van der Waals surface area contributed by atoms with Crippen molar-refractivity contribution in [2.75, 3.05) is 6.79 Å². The number of ether oxygens (including phenoxy) is 2. The van der Waals surface area contributed by atoms with E-state index < -0.39 is 0 Å². The number of benzene rings is 2. The van der Waals surface area contributed by atoms with Crippen LogP contribution < -0.4 is 14.9 Å². The van der Waals surface area contributed by atoms with Crippen LogP contribution in [0, 0.1) is 0 Å². The van der Waals surface area contributed by atoms with Crippen LogP contribution in [-0.2, 0) is 0 Å². The van der Waals surface area contributed by atoms with Gasteiger partial charge in [-0.2, -0.15) is 5.10 Å². The van der Waals surface area contributed by atoms with E-state index in [9.17, 15) is 4.79 Å². The maximum absolute atomic E-state index is 11.9. The van der Waals surface area contributed by atoms with Gasteiger partial charge in [0.25, 0.3) is 5.91 Å². The molecule has 22 heavy (non-hydrogen) atoms. The summed E-state index contributed by atoms with van der Waals surface area (Å²) in [5.41, 5.74) is 3.58. The molecular weight excluding hydrogens is 372 g/mol. The van der Waals surface area contributed by atoms with Crippen LogP contribution in [0.5, 0.6) is 11.5 Å². The Morgan fingerprint density at radius 1 is 1.23 bits per heavy atom. The van der Waals surface area contributed by atoms with Crippen LogP contribution in [0.3, 0.4) is 0 Å². The number of carbonyl (C=O) groups is 1. The van der Waals surface area contributed by atoms with E-state index in [4.69, 9.17) is 21.1 Å².